The Balaban J connectivity index is 1.99. The van der Waals surface area contributed by atoms with Crippen molar-refractivity contribution in [2.24, 2.45) is 0 Å². The predicted molar refractivity (Wildman–Crippen MR) is 77.6 cm³/mol. The molecule has 0 amide bonds. The van der Waals surface area contributed by atoms with Gasteiger partial charge in [-0.25, -0.2) is 9.78 Å². The molecule has 5 heteroatoms. The summed E-state index contributed by atoms with van der Waals surface area (Å²) in [7, 11) is 0. The predicted octanol–water partition coefficient (Wildman–Crippen LogP) is 4.16. The van der Waals surface area contributed by atoms with Gasteiger partial charge in [-0.05, 0) is 60.0 Å². The van der Waals surface area contributed by atoms with Crippen molar-refractivity contribution in [2.75, 3.05) is 6.61 Å². The van der Waals surface area contributed by atoms with Gasteiger partial charge in [0.2, 0.25) is 0 Å². The van der Waals surface area contributed by atoms with E-state index in [1.54, 1.807) is 19.1 Å². The van der Waals surface area contributed by atoms with Gasteiger partial charge in [0.05, 0.1) is 17.9 Å². The van der Waals surface area contributed by atoms with Crippen molar-refractivity contribution in [1.29, 1.82) is 0 Å². The van der Waals surface area contributed by atoms with Crippen LogP contribution in [0.3, 0.4) is 0 Å². The molecule has 0 radical (unpaired) electrons. The number of hydrogen-bond donors (Lipinski definition) is 0. The molecule has 0 atom stereocenters. The zero-order chi connectivity index (χ0) is 14.1. The van der Waals surface area contributed by atoms with E-state index in [2.05, 4.69) is 20.9 Å². The van der Waals surface area contributed by atoms with Crippen molar-refractivity contribution in [3.63, 3.8) is 0 Å². The van der Waals surface area contributed by atoms with Gasteiger partial charge in [0, 0.05) is 5.92 Å². The summed E-state index contributed by atoms with van der Waals surface area (Å²) in [6.45, 7) is 2.17. The van der Waals surface area contributed by atoms with Crippen molar-refractivity contribution in [3.05, 3.63) is 40.2 Å². The Morgan fingerprint density at radius 3 is 2.80 bits per heavy atom. The fourth-order valence-corrected chi connectivity index (χ4v) is 2.42. The van der Waals surface area contributed by atoms with E-state index in [1.807, 2.05) is 12.1 Å². The summed E-state index contributed by atoms with van der Waals surface area (Å²) in [5.41, 5.74) is 2.14. The standard InChI is InChI=1S/C15H14BrNO3/c1-2-19-15(18)10-5-6-11(12-7-8-13(16)20-12)17-14(10)9-3-4-9/h5-9H,2-4H2,1H3. The lowest BCUT2D eigenvalue weighted by atomic mass is 10.1. The van der Waals surface area contributed by atoms with Gasteiger partial charge in [-0.2, -0.15) is 0 Å². The monoisotopic (exact) mass is 335 g/mol. The van der Waals surface area contributed by atoms with Gasteiger partial charge in [-0.1, -0.05) is 0 Å². The normalized spacial score (nSPS) is 14.3. The van der Waals surface area contributed by atoms with Gasteiger partial charge >= 0.3 is 5.97 Å². The van der Waals surface area contributed by atoms with Gasteiger partial charge < -0.3 is 9.15 Å². The van der Waals surface area contributed by atoms with Gasteiger partial charge in [-0.3, -0.25) is 0 Å². The van der Waals surface area contributed by atoms with Crippen LogP contribution in [0.2, 0.25) is 0 Å². The van der Waals surface area contributed by atoms with Crippen LogP contribution in [0.25, 0.3) is 11.5 Å². The topological polar surface area (TPSA) is 52.3 Å². The summed E-state index contributed by atoms with van der Waals surface area (Å²) < 4.78 is 11.3. The number of rotatable bonds is 4. The van der Waals surface area contributed by atoms with E-state index in [0.29, 0.717) is 28.5 Å². The van der Waals surface area contributed by atoms with Crippen LogP contribution in [0.15, 0.2) is 33.4 Å². The van der Waals surface area contributed by atoms with E-state index >= 15 is 0 Å². The number of esters is 1. The Morgan fingerprint density at radius 2 is 2.20 bits per heavy atom. The zero-order valence-electron chi connectivity index (χ0n) is 11.1. The largest absolute Gasteiger partial charge is 0.462 e. The molecule has 3 rings (SSSR count). The minimum Gasteiger partial charge on any atom is -0.462 e. The molecule has 0 N–H and O–H groups in total. The molecule has 0 unspecified atom stereocenters. The molecule has 0 saturated heterocycles. The first kappa shape index (κ1) is 13.4. The maximum atomic E-state index is 12.0. The Hall–Kier alpha value is -1.62. The van der Waals surface area contributed by atoms with Crippen LogP contribution in [0.5, 0.6) is 0 Å². The van der Waals surface area contributed by atoms with E-state index in [-0.39, 0.29) is 5.97 Å². The van der Waals surface area contributed by atoms with E-state index in [4.69, 9.17) is 9.15 Å². The van der Waals surface area contributed by atoms with Crippen molar-refractivity contribution >= 4 is 21.9 Å². The highest BCUT2D eigenvalue weighted by Crippen LogP contribution is 2.41. The SMILES string of the molecule is CCOC(=O)c1ccc(-c2ccc(Br)o2)nc1C1CC1. The fourth-order valence-electron chi connectivity index (χ4n) is 2.11. The molecule has 1 aliphatic carbocycles. The first-order chi connectivity index (χ1) is 9.69. The molecule has 0 bridgehead atoms. The quantitative estimate of drug-likeness (QED) is 0.787. The molecule has 1 saturated carbocycles. The molecule has 0 aliphatic heterocycles. The minimum absolute atomic E-state index is 0.297. The van der Waals surface area contributed by atoms with E-state index < -0.39 is 0 Å². The maximum absolute atomic E-state index is 12.0. The van der Waals surface area contributed by atoms with Crippen molar-refractivity contribution < 1.29 is 13.9 Å². The molecule has 0 spiro atoms. The smallest absolute Gasteiger partial charge is 0.339 e. The van der Waals surface area contributed by atoms with Gasteiger partial charge in [0.15, 0.2) is 10.4 Å². The summed E-state index contributed by atoms with van der Waals surface area (Å²) in [6.07, 6.45) is 2.15. The van der Waals surface area contributed by atoms with E-state index in [0.717, 1.165) is 24.2 Å². The molecule has 2 heterocycles. The lowest BCUT2D eigenvalue weighted by Crippen LogP contribution is -2.09. The van der Waals surface area contributed by atoms with Crippen LogP contribution in [0.4, 0.5) is 0 Å². The fraction of sp³-hybridized carbons (Fsp3) is 0.333. The van der Waals surface area contributed by atoms with Crippen LogP contribution < -0.4 is 0 Å². The third kappa shape index (κ3) is 2.63. The van der Waals surface area contributed by atoms with Crippen molar-refractivity contribution in [3.8, 4) is 11.5 Å². The number of nitrogens with zero attached hydrogens (tertiary/aromatic N) is 1. The summed E-state index contributed by atoms with van der Waals surface area (Å²) in [4.78, 5) is 16.6. The third-order valence-electron chi connectivity index (χ3n) is 3.21. The third-order valence-corrected chi connectivity index (χ3v) is 3.64. The average molecular weight is 336 g/mol. The average Bonchev–Trinajstić information content (AvgIpc) is 3.20. The second kappa shape index (κ2) is 5.40. The molecule has 104 valence electrons. The highest BCUT2D eigenvalue weighted by atomic mass is 79.9. The molecule has 2 aromatic rings. The van der Waals surface area contributed by atoms with Gasteiger partial charge in [0.1, 0.15) is 5.69 Å². The number of hydrogen-bond acceptors (Lipinski definition) is 4. The minimum atomic E-state index is -0.297. The summed E-state index contributed by atoms with van der Waals surface area (Å²) in [6, 6.07) is 7.26. The molecular formula is C15H14BrNO3. The summed E-state index contributed by atoms with van der Waals surface area (Å²) in [5, 5.41) is 0. The van der Waals surface area contributed by atoms with Crippen LogP contribution in [-0.2, 0) is 4.74 Å². The lowest BCUT2D eigenvalue weighted by molar-refractivity contribution is 0.0524. The Bertz CT molecular complexity index is 646. The Kier molecular flexibility index (Phi) is 3.61. The van der Waals surface area contributed by atoms with Gasteiger partial charge in [-0.15, -0.1) is 0 Å². The number of furan rings is 1. The lowest BCUT2D eigenvalue weighted by Gasteiger charge is -2.08. The van der Waals surface area contributed by atoms with E-state index in [9.17, 15) is 4.79 Å². The van der Waals surface area contributed by atoms with Crippen molar-refractivity contribution in [1.82, 2.24) is 4.98 Å². The maximum Gasteiger partial charge on any atom is 0.339 e. The Morgan fingerprint density at radius 1 is 1.40 bits per heavy atom. The molecule has 0 aromatic carbocycles. The van der Waals surface area contributed by atoms with Crippen LogP contribution in [0, 0.1) is 0 Å². The molecular weight excluding hydrogens is 322 g/mol. The number of carbonyl (C=O) groups is 1. The van der Waals surface area contributed by atoms with Gasteiger partial charge in [0.25, 0.3) is 0 Å². The first-order valence-electron chi connectivity index (χ1n) is 6.63. The van der Waals surface area contributed by atoms with Crippen LogP contribution >= 0.6 is 15.9 Å². The second-order valence-electron chi connectivity index (χ2n) is 4.73. The number of aromatic nitrogens is 1. The first-order valence-corrected chi connectivity index (χ1v) is 7.42. The molecule has 1 aliphatic rings. The van der Waals surface area contributed by atoms with Crippen molar-refractivity contribution in [2.45, 2.75) is 25.7 Å². The molecule has 20 heavy (non-hydrogen) atoms. The number of halogens is 1. The second-order valence-corrected chi connectivity index (χ2v) is 5.51. The summed E-state index contributed by atoms with van der Waals surface area (Å²) >= 11 is 3.28. The highest BCUT2D eigenvalue weighted by molar-refractivity contribution is 9.10. The molecule has 4 nitrogen and oxygen atoms in total. The van der Waals surface area contributed by atoms with Crippen LogP contribution in [0.1, 0.15) is 41.7 Å². The number of ether oxygens (including phenoxy) is 1. The molecule has 1 fully saturated rings. The number of carbonyl (C=O) groups excluding carboxylic acids is 1. The zero-order valence-corrected chi connectivity index (χ0v) is 12.6. The van der Waals surface area contributed by atoms with E-state index in [1.165, 1.54) is 0 Å². The van der Waals surface area contributed by atoms with Crippen LogP contribution in [-0.4, -0.2) is 17.6 Å². The number of pyridine rings is 1. The Labute approximate surface area is 125 Å². The summed E-state index contributed by atoms with van der Waals surface area (Å²) in [5.74, 6) is 0.760. The molecule has 2 aromatic heterocycles. The highest BCUT2D eigenvalue weighted by Gasteiger charge is 2.30.